The number of aryl methyl sites for hydroxylation is 1. The standard InChI is InChI=1S/C16H24N2O/c1-13-6-5-7-14(10-13)16(8-3-2-4-9-16)12-18-15(19)11-17/h5-7,10H,2-4,8-9,11-12,17H2,1H3,(H,18,19). The highest BCUT2D eigenvalue weighted by Crippen LogP contribution is 2.39. The van der Waals surface area contributed by atoms with Gasteiger partial charge < -0.3 is 11.1 Å². The van der Waals surface area contributed by atoms with Crippen LogP contribution in [0.25, 0.3) is 0 Å². The van der Waals surface area contributed by atoms with Crippen molar-refractivity contribution in [2.75, 3.05) is 13.1 Å². The Morgan fingerprint density at radius 3 is 2.68 bits per heavy atom. The molecule has 1 aromatic carbocycles. The zero-order chi connectivity index (χ0) is 13.7. The predicted molar refractivity (Wildman–Crippen MR) is 78.0 cm³/mol. The molecule has 3 N–H and O–H groups in total. The van der Waals surface area contributed by atoms with Gasteiger partial charge in [-0.2, -0.15) is 0 Å². The van der Waals surface area contributed by atoms with Crippen molar-refractivity contribution in [1.82, 2.24) is 5.32 Å². The van der Waals surface area contributed by atoms with Gasteiger partial charge in [-0.05, 0) is 25.3 Å². The second-order valence-corrected chi connectivity index (χ2v) is 5.69. The van der Waals surface area contributed by atoms with Crippen molar-refractivity contribution in [2.24, 2.45) is 5.73 Å². The molecule has 0 aliphatic heterocycles. The molecule has 0 radical (unpaired) electrons. The van der Waals surface area contributed by atoms with E-state index < -0.39 is 0 Å². The van der Waals surface area contributed by atoms with Crippen molar-refractivity contribution >= 4 is 5.91 Å². The summed E-state index contributed by atoms with van der Waals surface area (Å²) in [6.07, 6.45) is 6.10. The second-order valence-electron chi connectivity index (χ2n) is 5.69. The van der Waals surface area contributed by atoms with Gasteiger partial charge in [0.15, 0.2) is 0 Å². The largest absolute Gasteiger partial charge is 0.354 e. The van der Waals surface area contributed by atoms with Crippen LogP contribution >= 0.6 is 0 Å². The molecule has 0 saturated heterocycles. The molecule has 1 aliphatic rings. The Bertz CT molecular complexity index is 436. The molecule has 0 heterocycles. The smallest absolute Gasteiger partial charge is 0.233 e. The molecule has 1 aliphatic carbocycles. The number of hydrogen-bond acceptors (Lipinski definition) is 2. The molecule has 2 rings (SSSR count). The predicted octanol–water partition coefficient (Wildman–Crippen LogP) is 2.27. The molecular formula is C16H24N2O. The zero-order valence-corrected chi connectivity index (χ0v) is 11.7. The van der Waals surface area contributed by atoms with E-state index >= 15 is 0 Å². The number of carbonyl (C=O) groups is 1. The third-order valence-electron chi connectivity index (χ3n) is 4.25. The van der Waals surface area contributed by atoms with Crippen molar-refractivity contribution in [2.45, 2.75) is 44.4 Å². The van der Waals surface area contributed by atoms with Crippen molar-refractivity contribution in [3.63, 3.8) is 0 Å². The summed E-state index contributed by atoms with van der Waals surface area (Å²) in [5.74, 6) is -0.0578. The first-order valence-electron chi connectivity index (χ1n) is 7.20. The lowest BCUT2D eigenvalue weighted by Gasteiger charge is -2.38. The molecule has 1 aromatic rings. The van der Waals surface area contributed by atoms with Crippen LogP contribution in [0.3, 0.4) is 0 Å². The SMILES string of the molecule is Cc1cccc(C2(CNC(=O)CN)CCCCC2)c1. The normalized spacial score (nSPS) is 18.0. The molecule has 0 bridgehead atoms. The lowest BCUT2D eigenvalue weighted by Crippen LogP contribution is -2.44. The van der Waals surface area contributed by atoms with E-state index in [9.17, 15) is 4.79 Å². The number of amides is 1. The van der Waals surface area contributed by atoms with Crippen LogP contribution in [0.15, 0.2) is 24.3 Å². The fourth-order valence-corrected chi connectivity index (χ4v) is 3.11. The highest BCUT2D eigenvalue weighted by molar-refractivity contribution is 5.77. The van der Waals surface area contributed by atoms with Crippen molar-refractivity contribution < 1.29 is 4.79 Å². The minimum absolute atomic E-state index is 0.0578. The van der Waals surface area contributed by atoms with Crippen LogP contribution < -0.4 is 11.1 Å². The van der Waals surface area contributed by atoms with E-state index in [0.29, 0.717) is 6.54 Å². The zero-order valence-electron chi connectivity index (χ0n) is 11.7. The second kappa shape index (κ2) is 6.20. The van der Waals surface area contributed by atoms with Gasteiger partial charge in [0.2, 0.25) is 5.91 Å². The number of benzene rings is 1. The summed E-state index contributed by atoms with van der Waals surface area (Å²) < 4.78 is 0. The Morgan fingerprint density at radius 2 is 2.05 bits per heavy atom. The van der Waals surface area contributed by atoms with Gasteiger partial charge in [-0.25, -0.2) is 0 Å². The first-order chi connectivity index (χ1) is 9.16. The summed E-state index contributed by atoms with van der Waals surface area (Å²) >= 11 is 0. The molecule has 0 unspecified atom stereocenters. The number of nitrogens with two attached hydrogens (primary N) is 1. The van der Waals surface area contributed by atoms with Gasteiger partial charge in [-0.1, -0.05) is 49.1 Å². The quantitative estimate of drug-likeness (QED) is 0.872. The van der Waals surface area contributed by atoms with Gasteiger partial charge in [0.25, 0.3) is 0 Å². The molecule has 1 amide bonds. The van der Waals surface area contributed by atoms with Crippen LogP contribution in [0.2, 0.25) is 0 Å². The molecule has 0 atom stereocenters. The Morgan fingerprint density at radius 1 is 1.32 bits per heavy atom. The van der Waals surface area contributed by atoms with E-state index in [0.717, 1.165) is 12.8 Å². The van der Waals surface area contributed by atoms with Crippen molar-refractivity contribution in [3.8, 4) is 0 Å². The van der Waals surface area contributed by atoms with E-state index in [1.807, 2.05) is 0 Å². The third kappa shape index (κ3) is 3.35. The highest BCUT2D eigenvalue weighted by Gasteiger charge is 2.34. The van der Waals surface area contributed by atoms with Gasteiger partial charge in [0.1, 0.15) is 0 Å². The minimum Gasteiger partial charge on any atom is -0.354 e. The first kappa shape index (κ1) is 14.1. The lowest BCUT2D eigenvalue weighted by atomic mass is 9.69. The molecule has 0 aromatic heterocycles. The van der Waals surface area contributed by atoms with Gasteiger partial charge in [0.05, 0.1) is 6.54 Å². The van der Waals surface area contributed by atoms with Crippen LogP contribution in [-0.4, -0.2) is 19.0 Å². The van der Waals surface area contributed by atoms with Crippen LogP contribution in [0.4, 0.5) is 0 Å². The Labute approximate surface area is 115 Å². The maximum atomic E-state index is 11.5. The number of hydrogen-bond donors (Lipinski definition) is 2. The first-order valence-corrected chi connectivity index (χ1v) is 7.20. The molecule has 3 heteroatoms. The summed E-state index contributed by atoms with van der Waals surface area (Å²) in [4.78, 5) is 11.5. The lowest BCUT2D eigenvalue weighted by molar-refractivity contribution is -0.120. The summed E-state index contributed by atoms with van der Waals surface area (Å²) in [5.41, 5.74) is 8.14. The van der Waals surface area contributed by atoms with Gasteiger partial charge >= 0.3 is 0 Å². The molecule has 1 fully saturated rings. The Hall–Kier alpha value is -1.35. The Balaban J connectivity index is 2.21. The van der Waals surface area contributed by atoms with E-state index in [4.69, 9.17) is 5.73 Å². The average molecular weight is 260 g/mol. The van der Waals surface area contributed by atoms with Crippen LogP contribution in [0.1, 0.15) is 43.2 Å². The van der Waals surface area contributed by atoms with Gasteiger partial charge in [0, 0.05) is 12.0 Å². The summed E-state index contributed by atoms with van der Waals surface area (Å²) in [7, 11) is 0. The molecule has 3 nitrogen and oxygen atoms in total. The van der Waals surface area contributed by atoms with Crippen molar-refractivity contribution in [1.29, 1.82) is 0 Å². The molecular weight excluding hydrogens is 236 g/mol. The topological polar surface area (TPSA) is 55.1 Å². The maximum Gasteiger partial charge on any atom is 0.233 e. The van der Waals surface area contributed by atoms with E-state index in [1.165, 1.54) is 30.4 Å². The summed E-state index contributed by atoms with van der Waals surface area (Å²) in [6.45, 7) is 2.91. The number of rotatable bonds is 4. The third-order valence-corrected chi connectivity index (χ3v) is 4.25. The molecule has 1 saturated carbocycles. The van der Waals surface area contributed by atoms with Gasteiger partial charge in [-0.3, -0.25) is 4.79 Å². The fourth-order valence-electron chi connectivity index (χ4n) is 3.11. The van der Waals surface area contributed by atoms with E-state index in [-0.39, 0.29) is 17.9 Å². The number of carbonyl (C=O) groups excluding carboxylic acids is 1. The van der Waals surface area contributed by atoms with Crippen LogP contribution in [0, 0.1) is 6.92 Å². The number of nitrogens with one attached hydrogen (secondary N) is 1. The molecule has 0 spiro atoms. The monoisotopic (exact) mass is 260 g/mol. The molecule has 104 valence electrons. The van der Waals surface area contributed by atoms with Gasteiger partial charge in [-0.15, -0.1) is 0 Å². The molecule has 19 heavy (non-hydrogen) atoms. The highest BCUT2D eigenvalue weighted by atomic mass is 16.1. The average Bonchev–Trinajstić information content (AvgIpc) is 2.46. The fraction of sp³-hybridized carbons (Fsp3) is 0.562. The van der Waals surface area contributed by atoms with Crippen LogP contribution in [0.5, 0.6) is 0 Å². The van der Waals surface area contributed by atoms with E-state index in [1.54, 1.807) is 0 Å². The summed E-state index contributed by atoms with van der Waals surface area (Å²) in [5, 5.41) is 3.00. The Kier molecular flexibility index (Phi) is 4.59. The minimum atomic E-state index is -0.0578. The van der Waals surface area contributed by atoms with Crippen molar-refractivity contribution in [3.05, 3.63) is 35.4 Å². The van der Waals surface area contributed by atoms with E-state index in [2.05, 4.69) is 36.5 Å². The summed E-state index contributed by atoms with van der Waals surface area (Å²) in [6, 6.07) is 8.71. The van der Waals surface area contributed by atoms with Crippen LogP contribution in [-0.2, 0) is 10.2 Å². The maximum absolute atomic E-state index is 11.5.